The van der Waals surface area contributed by atoms with Crippen molar-refractivity contribution in [3.63, 3.8) is 0 Å². The van der Waals surface area contributed by atoms with Crippen LogP contribution in [-0.4, -0.2) is 35.1 Å². The first-order chi connectivity index (χ1) is 8.22. The van der Waals surface area contributed by atoms with Gasteiger partial charge in [0.1, 0.15) is 0 Å². The van der Waals surface area contributed by atoms with Crippen LogP contribution in [0.1, 0.15) is 17.9 Å². The van der Waals surface area contributed by atoms with Gasteiger partial charge in [0.15, 0.2) is 0 Å². The van der Waals surface area contributed by atoms with E-state index in [0.29, 0.717) is 13.1 Å². The Morgan fingerprint density at radius 2 is 2.12 bits per heavy atom. The molecule has 1 aliphatic rings. The van der Waals surface area contributed by atoms with Gasteiger partial charge < -0.3 is 10.0 Å². The number of carbonyl (C=O) groups excluding carboxylic acids is 1. The second kappa shape index (κ2) is 5.15. The molecule has 3 nitrogen and oxygen atoms in total. The number of rotatable bonds is 2. The first-order valence-electron chi connectivity index (χ1n) is 5.86. The van der Waals surface area contributed by atoms with Crippen molar-refractivity contribution in [1.82, 2.24) is 4.90 Å². The highest BCUT2D eigenvalue weighted by atomic mass is 16.3. The van der Waals surface area contributed by atoms with Crippen LogP contribution >= 0.6 is 0 Å². The molecule has 2 rings (SSSR count). The number of β-amino-alcohol motifs (C(OH)–C–C–N with tert-alkyl or cyclic N) is 1. The summed E-state index contributed by atoms with van der Waals surface area (Å²) in [5.41, 5.74) is 1.14. The molecule has 0 saturated carbocycles. The van der Waals surface area contributed by atoms with E-state index in [1.54, 1.807) is 4.90 Å². The first kappa shape index (κ1) is 11.9. The molecule has 1 fully saturated rings. The fourth-order valence-electron chi connectivity index (χ4n) is 2.35. The van der Waals surface area contributed by atoms with E-state index in [4.69, 9.17) is 0 Å². The van der Waals surface area contributed by atoms with Gasteiger partial charge in [0.25, 0.3) is 0 Å². The smallest absolute Gasteiger partial charge is 0.246 e. The minimum atomic E-state index is -0.491. The number of piperidine rings is 1. The Balaban J connectivity index is 2.06. The Hall–Kier alpha value is -1.61. The van der Waals surface area contributed by atoms with Crippen LogP contribution in [-0.2, 0) is 4.79 Å². The van der Waals surface area contributed by atoms with E-state index in [-0.39, 0.29) is 11.8 Å². The van der Waals surface area contributed by atoms with Gasteiger partial charge in [-0.2, -0.15) is 0 Å². The van der Waals surface area contributed by atoms with Crippen molar-refractivity contribution < 1.29 is 9.90 Å². The summed E-state index contributed by atoms with van der Waals surface area (Å²) in [5, 5.41) is 10.1. The molecule has 1 amide bonds. The molecular weight excluding hydrogens is 214 g/mol. The van der Waals surface area contributed by atoms with E-state index < -0.39 is 6.10 Å². The Bertz CT molecular complexity index is 402. The second-order valence-corrected chi connectivity index (χ2v) is 4.36. The molecule has 1 aliphatic heterocycles. The van der Waals surface area contributed by atoms with Crippen molar-refractivity contribution in [3.8, 4) is 0 Å². The Kier molecular flexibility index (Phi) is 3.59. The van der Waals surface area contributed by atoms with Gasteiger partial charge in [0.2, 0.25) is 5.91 Å². The van der Waals surface area contributed by atoms with E-state index in [9.17, 15) is 9.90 Å². The van der Waals surface area contributed by atoms with Gasteiger partial charge in [-0.25, -0.2) is 0 Å². The van der Waals surface area contributed by atoms with Crippen LogP contribution < -0.4 is 0 Å². The molecule has 3 heteroatoms. The average Bonchev–Trinajstić information content (AvgIpc) is 2.38. The molecule has 0 bridgehead atoms. The largest absolute Gasteiger partial charge is 0.391 e. The van der Waals surface area contributed by atoms with Gasteiger partial charge in [-0.05, 0) is 18.1 Å². The van der Waals surface area contributed by atoms with Gasteiger partial charge in [-0.1, -0.05) is 36.9 Å². The number of carbonyl (C=O) groups is 1. The zero-order valence-corrected chi connectivity index (χ0v) is 9.75. The zero-order valence-electron chi connectivity index (χ0n) is 9.75. The lowest BCUT2D eigenvalue weighted by Crippen LogP contribution is -2.45. The van der Waals surface area contributed by atoms with E-state index in [2.05, 4.69) is 6.58 Å². The number of nitrogens with zero attached hydrogens (tertiary/aromatic N) is 1. The summed E-state index contributed by atoms with van der Waals surface area (Å²) in [7, 11) is 0. The van der Waals surface area contributed by atoms with Gasteiger partial charge in [0.05, 0.1) is 6.10 Å². The molecule has 0 spiro atoms. The lowest BCUT2D eigenvalue weighted by Gasteiger charge is -2.35. The van der Waals surface area contributed by atoms with Crippen molar-refractivity contribution in [1.29, 1.82) is 0 Å². The van der Waals surface area contributed by atoms with Crippen molar-refractivity contribution >= 4 is 5.91 Å². The average molecular weight is 231 g/mol. The third kappa shape index (κ3) is 2.56. The summed E-state index contributed by atoms with van der Waals surface area (Å²) in [6.07, 6.45) is 1.61. The quantitative estimate of drug-likeness (QED) is 0.784. The molecule has 0 aromatic heterocycles. The zero-order chi connectivity index (χ0) is 12.3. The highest BCUT2D eigenvalue weighted by Gasteiger charge is 2.29. The molecule has 1 saturated heterocycles. The number of amides is 1. The summed E-state index contributed by atoms with van der Waals surface area (Å²) < 4.78 is 0. The minimum Gasteiger partial charge on any atom is -0.391 e. The summed E-state index contributed by atoms with van der Waals surface area (Å²) in [4.78, 5) is 13.1. The topological polar surface area (TPSA) is 40.5 Å². The van der Waals surface area contributed by atoms with Crippen LogP contribution in [0.2, 0.25) is 0 Å². The van der Waals surface area contributed by atoms with Crippen LogP contribution in [0.4, 0.5) is 0 Å². The standard InChI is InChI=1S/C14H17NO2/c1-2-14(17)15-9-8-12(13(16)10-15)11-6-4-3-5-7-11/h2-7,12-13,16H,1,8-10H2/t12-,13+/m0/s1. The molecule has 90 valence electrons. The van der Waals surface area contributed by atoms with Gasteiger partial charge >= 0.3 is 0 Å². The Labute approximate surface area is 101 Å². The van der Waals surface area contributed by atoms with Crippen molar-refractivity contribution in [2.45, 2.75) is 18.4 Å². The van der Waals surface area contributed by atoms with Crippen molar-refractivity contribution in [2.24, 2.45) is 0 Å². The number of likely N-dealkylation sites (tertiary alicyclic amines) is 1. The molecule has 1 heterocycles. The SMILES string of the molecule is C=CC(=O)N1CC[C@@H](c2ccccc2)[C@H](O)C1. The maximum absolute atomic E-state index is 11.5. The minimum absolute atomic E-state index is 0.101. The van der Waals surface area contributed by atoms with Crippen LogP contribution in [0.25, 0.3) is 0 Å². The van der Waals surface area contributed by atoms with E-state index in [0.717, 1.165) is 12.0 Å². The number of aliphatic hydroxyl groups is 1. The maximum atomic E-state index is 11.5. The number of benzene rings is 1. The van der Waals surface area contributed by atoms with E-state index in [1.165, 1.54) is 6.08 Å². The summed E-state index contributed by atoms with van der Waals surface area (Å²) >= 11 is 0. The van der Waals surface area contributed by atoms with Gasteiger partial charge in [-0.3, -0.25) is 4.79 Å². The summed E-state index contributed by atoms with van der Waals surface area (Å²) in [6.45, 7) is 4.54. The van der Waals surface area contributed by atoms with Crippen LogP contribution in [0, 0.1) is 0 Å². The Morgan fingerprint density at radius 3 is 2.71 bits per heavy atom. The van der Waals surface area contributed by atoms with Gasteiger partial charge in [-0.15, -0.1) is 0 Å². The first-order valence-corrected chi connectivity index (χ1v) is 5.86. The van der Waals surface area contributed by atoms with E-state index in [1.807, 2.05) is 30.3 Å². The fourth-order valence-corrected chi connectivity index (χ4v) is 2.35. The van der Waals surface area contributed by atoms with Gasteiger partial charge in [0, 0.05) is 19.0 Å². The van der Waals surface area contributed by atoms with E-state index >= 15 is 0 Å². The summed E-state index contributed by atoms with van der Waals surface area (Å²) in [5.74, 6) is 0.0284. The number of hydrogen-bond acceptors (Lipinski definition) is 2. The highest BCUT2D eigenvalue weighted by Crippen LogP contribution is 2.28. The summed E-state index contributed by atoms with van der Waals surface area (Å²) in [6, 6.07) is 9.97. The molecule has 1 aromatic rings. The predicted octanol–water partition coefficient (Wildman–Crippen LogP) is 1.55. The second-order valence-electron chi connectivity index (χ2n) is 4.36. The lowest BCUT2D eigenvalue weighted by molar-refractivity contribution is -0.129. The molecular formula is C14H17NO2. The fraction of sp³-hybridized carbons (Fsp3) is 0.357. The highest BCUT2D eigenvalue weighted by molar-refractivity contribution is 5.87. The van der Waals surface area contributed by atoms with Crippen LogP contribution in [0.3, 0.4) is 0 Å². The third-order valence-corrected chi connectivity index (χ3v) is 3.30. The number of hydrogen-bond donors (Lipinski definition) is 1. The molecule has 1 N–H and O–H groups in total. The molecule has 1 aromatic carbocycles. The molecule has 2 atom stereocenters. The third-order valence-electron chi connectivity index (χ3n) is 3.30. The predicted molar refractivity (Wildman–Crippen MR) is 66.6 cm³/mol. The maximum Gasteiger partial charge on any atom is 0.246 e. The van der Waals surface area contributed by atoms with Crippen LogP contribution in [0.15, 0.2) is 43.0 Å². The normalized spacial score (nSPS) is 24.4. The molecule has 0 aliphatic carbocycles. The molecule has 17 heavy (non-hydrogen) atoms. The molecule has 0 unspecified atom stereocenters. The van der Waals surface area contributed by atoms with Crippen LogP contribution in [0.5, 0.6) is 0 Å². The van der Waals surface area contributed by atoms with Crippen molar-refractivity contribution in [3.05, 3.63) is 48.6 Å². The Morgan fingerprint density at radius 1 is 1.41 bits per heavy atom. The molecule has 0 radical (unpaired) electrons. The van der Waals surface area contributed by atoms with Crippen molar-refractivity contribution in [2.75, 3.05) is 13.1 Å². The number of aliphatic hydroxyl groups excluding tert-OH is 1. The lowest BCUT2D eigenvalue weighted by atomic mass is 9.87. The monoisotopic (exact) mass is 231 g/mol.